The molecule has 0 fully saturated rings. The first kappa shape index (κ1) is 10.4. The quantitative estimate of drug-likeness (QED) is 0.734. The number of furan rings is 1. The molecule has 2 aromatic heterocycles. The van der Waals surface area contributed by atoms with Gasteiger partial charge in [0.25, 0.3) is 5.91 Å². The Bertz CT molecular complexity index is 473. The average Bonchev–Trinajstić information content (AvgIpc) is 2.87. The summed E-state index contributed by atoms with van der Waals surface area (Å²) in [6.07, 6.45) is 3.15. The number of carbonyl (C=O) groups excluding carboxylic acids is 1. The fourth-order valence-corrected chi connectivity index (χ4v) is 1.43. The number of nitrogen functional groups attached to an aromatic ring is 1. The number of aromatic amines is 1. The SMILES string of the molecule is CC(NC(=O)c1cc(N)c[nH]1)c1ccco1. The highest BCUT2D eigenvalue weighted by molar-refractivity contribution is 5.93. The first-order chi connectivity index (χ1) is 7.66. The van der Waals surface area contributed by atoms with E-state index in [1.54, 1.807) is 24.6 Å². The highest BCUT2D eigenvalue weighted by atomic mass is 16.3. The van der Waals surface area contributed by atoms with Gasteiger partial charge in [0.1, 0.15) is 11.5 Å². The molecule has 4 N–H and O–H groups in total. The molecule has 0 aliphatic carbocycles. The molecular weight excluding hydrogens is 206 g/mol. The molecule has 16 heavy (non-hydrogen) atoms. The van der Waals surface area contributed by atoms with Gasteiger partial charge in [0, 0.05) is 11.9 Å². The lowest BCUT2D eigenvalue weighted by Gasteiger charge is -2.10. The van der Waals surface area contributed by atoms with Crippen molar-refractivity contribution in [2.75, 3.05) is 5.73 Å². The van der Waals surface area contributed by atoms with Crippen molar-refractivity contribution in [1.29, 1.82) is 0 Å². The van der Waals surface area contributed by atoms with Crippen LogP contribution in [-0.4, -0.2) is 10.9 Å². The van der Waals surface area contributed by atoms with Gasteiger partial charge in [-0.25, -0.2) is 0 Å². The Kier molecular flexibility index (Phi) is 2.68. The molecule has 5 nitrogen and oxygen atoms in total. The summed E-state index contributed by atoms with van der Waals surface area (Å²) in [5.41, 5.74) is 6.49. The molecule has 0 radical (unpaired) electrons. The molecule has 2 rings (SSSR count). The second-order valence-electron chi connectivity index (χ2n) is 3.56. The highest BCUT2D eigenvalue weighted by Crippen LogP contribution is 2.13. The summed E-state index contributed by atoms with van der Waals surface area (Å²) in [6, 6.07) is 5.01. The van der Waals surface area contributed by atoms with E-state index in [2.05, 4.69) is 10.3 Å². The van der Waals surface area contributed by atoms with Gasteiger partial charge in [0.2, 0.25) is 0 Å². The number of hydrogen-bond acceptors (Lipinski definition) is 3. The number of H-pyrrole nitrogens is 1. The van der Waals surface area contributed by atoms with Gasteiger partial charge in [-0.2, -0.15) is 0 Å². The Morgan fingerprint density at radius 1 is 1.62 bits per heavy atom. The molecule has 0 bridgehead atoms. The predicted octanol–water partition coefficient (Wildman–Crippen LogP) is 1.68. The second-order valence-corrected chi connectivity index (χ2v) is 3.56. The normalized spacial score (nSPS) is 12.3. The number of carbonyl (C=O) groups is 1. The Hall–Kier alpha value is -2.17. The molecule has 0 aromatic carbocycles. The van der Waals surface area contributed by atoms with Crippen LogP contribution in [0.5, 0.6) is 0 Å². The summed E-state index contributed by atoms with van der Waals surface area (Å²) in [5, 5.41) is 2.79. The van der Waals surface area contributed by atoms with E-state index in [-0.39, 0.29) is 11.9 Å². The Morgan fingerprint density at radius 2 is 2.44 bits per heavy atom. The lowest BCUT2D eigenvalue weighted by atomic mass is 10.2. The minimum Gasteiger partial charge on any atom is -0.467 e. The van der Waals surface area contributed by atoms with Crippen molar-refractivity contribution in [3.8, 4) is 0 Å². The van der Waals surface area contributed by atoms with Crippen LogP contribution in [0.15, 0.2) is 35.1 Å². The Morgan fingerprint density at radius 3 is 3.00 bits per heavy atom. The van der Waals surface area contributed by atoms with Gasteiger partial charge in [-0.05, 0) is 25.1 Å². The standard InChI is InChI=1S/C11H13N3O2/c1-7(10-3-2-4-16-10)14-11(15)9-5-8(12)6-13-9/h2-7,13H,12H2,1H3,(H,14,15). The molecule has 84 valence electrons. The zero-order valence-corrected chi connectivity index (χ0v) is 8.86. The van der Waals surface area contributed by atoms with Crippen molar-refractivity contribution >= 4 is 11.6 Å². The van der Waals surface area contributed by atoms with Crippen LogP contribution < -0.4 is 11.1 Å². The molecule has 0 aliphatic heterocycles. The molecule has 5 heteroatoms. The van der Waals surface area contributed by atoms with E-state index in [1.807, 2.05) is 13.0 Å². The van der Waals surface area contributed by atoms with Gasteiger partial charge >= 0.3 is 0 Å². The smallest absolute Gasteiger partial charge is 0.268 e. The predicted molar refractivity (Wildman–Crippen MR) is 59.8 cm³/mol. The third-order valence-electron chi connectivity index (χ3n) is 2.27. The zero-order valence-electron chi connectivity index (χ0n) is 8.86. The van der Waals surface area contributed by atoms with Crippen LogP contribution in [0.4, 0.5) is 5.69 Å². The van der Waals surface area contributed by atoms with Gasteiger partial charge in [-0.15, -0.1) is 0 Å². The van der Waals surface area contributed by atoms with Crippen LogP contribution >= 0.6 is 0 Å². The molecule has 0 aliphatic rings. The van der Waals surface area contributed by atoms with E-state index in [0.29, 0.717) is 17.1 Å². The van der Waals surface area contributed by atoms with E-state index in [0.717, 1.165) is 0 Å². The number of hydrogen-bond donors (Lipinski definition) is 3. The van der Waals surface area contributed by atoms with Crippen molar-refractivity contribution < 1.29 is 9.21 Å². The molecular formula is C11H13N3O2. The third-order valence-corrected chi connectivity index (χ3v) is 2.27. The van der Waals surface area contributed by atoms with Crippen molar-refractivity contribution in [2.45, 2.75) is 13.0 Å². The van der Waals surface area contributed by atoms with Crippen molar-refractivity contribution in [3.63, 3.8) is 0 Å². The van der Waals surface area contributed by atoms with Crippen LogP contribution in [-0.2, 0) is 0 Å². The number of anilines is 1. The monoisotopic (exact) mass is 219 g/mol. The minimum atomic E-state index is -0.208. The maximum Gasteiger partial charge on any atom is 0.268 e. The molecule has 2 heterocycles. The molecule has 0 spiro atoms. The number of rotatable bonds is 3. The largest absolute Gasteiger partial charge is 0.467 e. The lowest BCUT2D eigenvalue weighted by molar-refractivity contribution is 0.0931. The molecule has 0 saturated heterocycles. The average molecular weight is 219 g/mol. The van der Waals surface area contributed by atoms with E-state index in [1.165, 1.54) is 0 Å². The topological polar surface area (TPSA) is 84.0 Å². The molecule has 2 aromatic rings. The Labute approximate surface area is 92.6 Å². The van der Waals surface area contributed by atoms with Gasteiger partial charge in [0.15, 0.2) is 0 Å². The summed E-state index contributed by atoms with van der Waals surface area (Å²) in [5.74, 6) is 0.508. The van der Waals surface area contributed by atoms with Crippen LogP contribution in [0.2, 0.25) is 0 Å². The van der Waals surface area contributed by atoms with Gasteiger partial charge in [0.05, 0.1) is 12.3 Å². The zero-order chi connectivity index (χ0) is 11.5. The van der Waals surface area contributed by atoms with Gasteiger partial charge in [-0.3, -0.25) is 4.79 Å². The maximum atomic E-state index is 11.7. The summed E-state index contributed by atoms with van der Waals surface area (Å²) in [4.78, 5) is 14.5. The summed E-state index contributed by atoms with van der Waals surface area (Å²) < 4.78 is 5.19. The highest BCUT2D eigenvalue weighted by Gasteiger charge is 2.14. The van der Waals surface area contributed by atoms with Crippen LogP contribution in [0.3, 0.4) is 0 Å². The fourth-order valence-electron chi connectivity index (χ4n) is 1.43. The lowest BCUT2D eigenvalue weighted by Crippen LogP contribution is -2.26. The minimum absolute atomic E-state index is 0.174. The van der Waals surface area contributed by atoms with Crippen molar-refractivity contribution in [1.82, 2.24) is 10.3 Å². The van der Waals surface area contributed by atoms with E-state index in [9.17, 15) is 4.79 Å². The van der Waals surface area contributed by atoms with Crippen LogP contribution in [0.1, 0.15) is 29.2 Å². The van der Waals surface area contributed by atoms with Crippen LogP contribution in [0, 0.1) is 0 Å². The first-order valence-electron chi connectivity index (χ1n) is 4.95. The van der Waals surface area contributed by atoms with Gasteiger partial charge < -0.3 is 20.5 Å². The fraction of sp³-hybridized carbons (Fsp3) is 0.182. The molecule has 1 atom stereocenters. The third kappa shape index (κ3) is 2.08. The number of aromatic nitrogens is 1. The molecule has 0 saturated carbocycles. The number of nitrogens with two attached hydrogens (primary N) is 1. The summed E-state index contributed by atoms with van der Waals surface area (Å²) in [6.45, 7) is 1.85. The first-order valence-corrected chi connectivity index (χ1v) is 4.95. The Balaban J connectivity index is 2.03. The summed E-state index contributed by atoms with van der Waals surface area (Å²) >= 11 is 0. The molecule has 1 unspecified atom stereocenters. The maximum absolute atomic E-state index is 11.7. The summed E-state index contributed by atoms with van der Waals surface area (Å²) in [7, 11) is 0. The van der Waals surface area contributed by atoms with Crippen LogP contribution in [0.25, 0.3) is 0 Å². The van der Waals surface area contributed by atoms with E-state index in [4.69, 9.17) is 10.2 Å². The number of amides is 1. The van der Waals surface area contributed by atoms with E-state index >= 15 is 0 Å². The molecule has 1 amide bonds. The van der Waals surface area contributed by atoms with Crippen molar-refractivity contribution in [3.05, 3.63) is 42.1 Å². The second kappa shape index (κ2) is 4.14. The van der Waals surface area contributed by atoms with E-state index < -0.39 is 0 Å². The van der Waals surface area contributed by atoms with Crippen molar-refractivity contribution in [2.24, 2.45) is 0 Å². The number of nitrogens with one attached hydrogen (secondary N) is 2. The van der Waals surface area contributed by atoms with Gasteiger partial charge in [-0.1, -0.05) is 0 Å².